The van der Waals surface area contributed by atoms with Gasteiger partial charge in [0.1, 0.15) is 5.41 Å². The zero-order valence-corrected chi connectivity index (χ0v) is 9.29. The summed E-state index contributed by atoms with van der Waals surface area (Å²) in [4.78, 5) is 11.5. The molecular weight excluding hydrogens is 200 g/mol. The molecule has 0 bridgehead atoms. The summed E-state index contributed by atoms with van der Waals surface area (Å²) in [6.45, 7) is 1.75. The number of benzene rings is 1. The number of hydrogen-bond acceptors (Lipinski definition) is 1. The van der Waals surface area contributed by atoms with Crippen LogP contribution in [0.4, 0.5) is 0 Å². The molecule has 0 saturated heterocycles. The maximum Gasteiger partial charge on any atom is 0.315 e. The van der Waals surface area contributed by atoms with Crippen molar-refractivity contribution in [2.24, 2.45) is 0 Å². The molecule has 1 unspecified atom stereocenters. The Hall–Kier alpha value is -1.75. The van der Waals surface area contributed by atoms with Crippen molar-refractivity contribution in [3.8, 4) is 11.8 Å². The molecule has 1 N–H and O–H groups in total. The summed E-state index contributed by atoms with van der Waals surface area (Å²) in [7, 11) is 0. The van der Waals surface area contributed by atoms with Gasteiger partial charge in [0.15, 0.2) is 0 Å². The van der Waals surface area contributed by atoms with Gasteiger partial charge in [0, 0.05) is 6.42 Å². The molecule has 0 fully saturated rings. The third kappa shape index (κ3) is 1.49. The minimum atomic E-state index is -0.778. The van der Waals surface area contributed by atoms with Crippen molar-refractivity contribution in [1.29, 1.82) is 0 Å². The first-order valence-electron chi connectivity index (χ1n) is 5.42. The van der Waals surface area contributed by atoms with Crippen molar-refractivity contribution < 1.29 is 9.90 Å². The molecule has 0 amide bonds. The van der Waals surface area contributed by atoms with E-state index in [0.717, 1.165) is 17.5 Å². The van der Waals surface area contributed by atoms with Gasteiger partial charge in [0.05, 0.1) is 0 Å². The van der Waals surface area contributed by atoms with E-state index in [9.17, 15) is 9.90 Å². The van der Waals surface area contributed by atoms with Gasteiger partial charge in [-0.2, -0.15) is 0 Å². The van der Waals surface area contributed by atoms with E-state index in [2.05, 4.69) is 11.8 Å². The Kier molecular flexibility index (Phi) is 2.70. The van der Waals surface area contributed by atoms with Crippen LogP contribution in [0.15, 0.2) is 24.3 Å². The van der Waals surface area contributed by atoms with Crippen LogP contribution in [0.25, 0.3) is 0 Å². The van der Waals surface area contributed by atoms with Gasteiger partial charge < -0.3 is 5.11 Å². The maximum atomic E-state index is 11.5. The number of aliphatic carboxylic acids is 1. The number of rotatable bonds is 2. The van der Waals surface area contributed by atoms with Crippen LogP contribution < -0.4 is 0 Å². The summed E-state index contributed by atoms with van der Waals surface area (Å²) in [5.41, 5.74) is 1.33. The quantitative estimate of drug-likeness (QED) is 0.767. The molecule has 2 heteroatoms. The molecular formula is C14H14O2. The standard InChI is InChI=1S/C14H14O2/c1-2-3-9-14(13(15)16)10-8-11-6-4-5-7-12(11)14/h4-7H,8-10H2,1H3,(H,15,16). The SMILES string of the molecule is CC#CCC1(C(=O)O)CCc2ccccc21. The Morgan fingerprint density at radius 1 is 1.50 bits per heavy atom. The molecule has 1 aromatic rings. The second-order valence-electron chi connectivity index (χ2n) is 4.15. The number of carbonyl (C=O) groups is 1. The van der Waals surface area contributed by atoms with Crippen molar-refractivity contribution >= 4 is 5.97 Å². The average Bonchev–Trinajstić information content (AvgIpc) is 2.67. The average molecular weight is 214 g/mol. The summed E-state index contributed by atoms with van der Waals surface area (Å²) in [5.74, 6) is 4.96. The van der Waals surface area contributed by atoms with E-state index in [1.54, 1.807) is 6.92 Å². The Labute approximate surface area is 95.3 Å². The summed E-state index contributed by atoms with van der Waals surface area (Å²) >= 11 is 0. The number of fused-ring (bicyclic) bond motifs is 1. The van der Waals surface area contributed by atoms with Crippen molar-refractivity contribution in [2.45, 2.75) is 31.6 Å². The molecule has 2 nitrogen and oxygen atoms in total. The summed E-state index contributed by atoms with van der Waals surface area (Å²) < 4.78 is 0. The molecule has 0 radical (unpaired) electrons. The molecule has 1 aliphatic rings. The topological polar surface area (TPSA) is 37.3 Å². The molecule has 16 heavy (non-hydrogen) atoms. The number of hydrogen-bond donors (Lipinski definition) is 1. The lowest BCUT2D eigenvalue weighted by Gasteiger charge is -2.22. The Bertz CT molecular complexity index is 479. The molecule has 82 valence electrons. The van der Waals surface area contributed by atoms with Crippen LogP contribution >= 0.6 is 0 Å². The van der Waals surface area contributed by atoms with Crippen molar-refractivity contribution in [3.05, 3.63) is 35.4 Å². The van der Waals surface area contributed by atoms with Gasteiger partial charge in [0.2, 0.25) is 0 Å². The van der Waals surface area contributed by atoms with E-state index in [1.165, 1.54) is 0 Å². The second kappa shape index (κ2) is 4.02. The van der Waals surface area contributed by atoms with Gasteiger partial charge in [0.25, 0.3) is 0 Å². The van der Waals surface area contributed by atoms with E-state index >= 15 is 0 Å². The first-order valence-corrected chi connectivity index (χ1v) is 5.42. The third-order valence-corrected chi connectivity index (χ3v) is 3.33. The van der Waals surface area contributed by atoms with E-state index < -0.39 is 11.4 Å². The minimum Gasteiger partial charge on any atom is -0.481 e. The van der Waals surface area contributed by atoms with Gasteiger partial charge in [-0.05, 0) is 30.9 Å². The fourth-order valence-corrected chi connectivity index (χ4v) is 2.41. The van der Waals surface area contributed by atoms with Gasteiger partial charge in [-0.25, -0.2) is 0 Å². The highest BCUT2D eigenvalue weighted by Gasteiger charge is 2.44. The fraction of sp³-hybridized carbons (Fsp3) is 0.357. The van der Waals surface area contributed by atoms with Gasteiger partial charge in [-0.3, -0.25) is 4.79 Å². The zero-order valence-electron chi connectivity index (χ0n) is 9.29. The molecule has 0 saturated carbocycles. The number of carboxylic acids is 1. The molecule has 1 aliphatic carbocycles. The summed E-state index contributed by atoms with van der Waals surface area (Å²) in [5, 5.41) is 9.47. The predicted molar refractivity (Wildman–Crippen MR) is 62.1 cm³/mol. The molecule has 0 aliphatic heterocycles. The molecule has 0 spiro atoms. The fourth-order valence-electron chi connectivity index (χ4n) is 2.41. The molecule has 1 aromatic carbocycles. The van der Waals surface area contributed by atoms with Crippen molar-refractivity contribution in [2.75, 3.05) is 0 Å². The van der Waals surface area contributed by atoms with Crippen molar-refractivity contribution in [1.82, 2.24) is 0 Å². The zero-order chi connectivity index (χ0) is 11.6. The van der Waals surface area contributed by atoms with Gasteiger partial charge in [-0.1, -0.05) is 24.3 Å². The maximum absolute atomic E-state index is 11.5. The normalized spacial score (nSPS) is 22.1. The minimum absolute atomic E-state index is 0.413. The van der Waals surface area contributed by atoms with Crippen LogP contribution in [-0.4, -0.2) is 11.1 Å². The molecule has 2 rings (SSSR count). The first kappa shape index (κ1) is 10.8. The largest absolute Gasteiger partial charge is 0.481 e. The van der Waals surface area contributed by atoms with E-state index in [1.807, 2.05) is 24.3 Å². The first-order chi connectivity index (χ1) is 7.70. The van der Waals surface area contributed by atoms with E-state index in [4.69, 9.17) is 0 Å². The van der Waals surface area contributed by atoms with Crippen LogP contribution in [0.3, 0.4) is 0 Å². The smallest absolute Gasteiger partial charge is 0.315 e. The third-order valence-electron chi connectivity index (χ3n) is 3.33. The van der Waals surface area contributed by atoms with Crippen LogP contribution in [0.5, 0.6) is 0 Å². The van der Waals surface area contributed by atoms with Crippen LogP contribution in [0.2, 0.25) is 0 Å². The highest BCUT2D eigenvalue weighted by molar-refractivity contribution is 5.83. The Morgan fingerprint density at radius 3 is 2.94 bits per heavy atom. The summed E-state index contributed by atoms with van der Waals surface area (Å²) in [6.07, 6.45) is 1.92. The highest BCUT2D eigenvalue weighted by atomic mass is 16.4. The lowest BCUT2D eigenvalue weighted by atomic mass is 9.79. The Morgan fingerprint density at radius 2 is 2.25 bits per heavy atom. The number of carboxylic acid groups (broad SMARTS) is 1. The van der Waals surface area contributed by atoms with E-state index in [-0.39, 0.29) is 0 Å². The predicted octanol–water partition coefficient (Wildman–Crippen LogP) is 2.37. The molecule has 0 aromatic heterocycles. The van der Waals surface area contributed by atoms with Crippen molar-refractivity contribution in [3.63, 3.8) is 0 Å². The number of aryl methyl sites for hydroxylation is 1. The molecule has 0 heterocycles. The van der Waals surface area contributed by atoms with Gasteiger partial charge in [-0.15, -0.1) is 11.8 Å². The lowest BCUT2D eigenvalue weighted by Crippen LogP contribution is -2.33. The molecule has 1 atom stereocenters. The lowest BCUT2D eigenvalue weighted by molar-refractivity contribution is -0.143. The second-order valence-corrected chi connectivity index (χ2v) is 4.15. The highest BCUT2D eigenvalue weighted by Crippen LogP contribution is 2.41. The summed E-state index contributed by atoms with van der Waals surface area (Å²) in [6, 6.07) is 7.80. The van der Waals surface area contributed by atoms with E-state index in [0.29, 0.717) is 12.8 Å². The Balaban J connectivity index is 2.49. The monoisotopic (exact) mass is 214 g/mol. The van der Waals surface area contributed by atoms with Crippen LogP contribution in [-0.2, 0) is 16.6 Å². The van der Waals surface area contributed by atoms with Crippen LogP contribution in [0, 0.1) is 11.8 Å². The van der Waals surface area contributed by atoms with Gasteiger partial charge >= 0.3 is 5.97 Å². The van der Waals surface area contributed by atoms with Crippen LogP contribution in [0.1, 0.15) is 30.9 Å².